The van der Waals surface area contributed by atoms with Crippen LogP contribution in [0.15, 0.2) is 18.2 Å². The van der Waals surface area contributed by atoms with Crippen molar-refractivity contribution < 1.29 is 4.79 Å². The molecule has 1 amide bonds. The lowest BCUT2D eigenvalue weighted by molar-refractivity contribution is 0.0940. The monoisotopic (exact) mass is 278 g/mol. The number of carbonyl (C=O) groups excluding carboxylic acids is 1. The highest BCUT2D eigenvalue weighted by atomic mass is 32.2. The van der Waals surface area contributed by atoms with Gasteiger partial charge in [-0.25, -0.2) is 0 Å². The van der Waals surface area contributed by atoms with E-state index in [-0.39, 0.29) is 11.9 Å². The predicted octanol–water partition coefficient (Wildman–Crippen LogP) is 2.92. The van der Waals surface area contributed by atoms with Crippen LogP contribution in [0.4, 0.5) is 5.69 Å². The maximum Gasteiger partial charge on any atom is 0.251 e. The number of hydrogen-bond acceptors (Lipinski definition) is 3. The van der Waals surface area contributed by atoms with E-state index in [0.29, 0.717) is 0 Å². The molecule has 0 saturated heterocycles. The predicted molar refractivity (Wildman–Crippen MR) is 83.2 cm³/mol. The summed E-state index contributed by atoms with van der Waals surface area (Å²) >= 11 is 1.77. The second-order valence-corrected chi connectivity index (χ2v) is 5.85. The van der Waals surface area contributed by atoms with Gasteiger partial charge < -0.3 is 10.6 Å². The number of benzene rings is 1. The second-order valence-electron chi connectivity index (χ2n) is 4.94. The SMILES string of the molecule is CCC(CSC)NC(=O)c1ccc2c(c1)CCCN2. The summed E-state index contributed by atoms with van der Waals surface area (Å²) in [5.41, 5.74) is 3.22. The fourth-order valence-corrected chi connectivity index (χ4v) is 3.07. The Balaban J connectivity index is 2.06. The summed E-state index contributed by atoms with van der Waals surface area (Å²) in [5.74, 6) is 1.02. The number of amides is 1. The van der Waals surface area contributed by atoms with Crippen LogP contribution in [0.2, 0.25) is 0 Å². The number of anilines is 1. The molecule has 0 saturated carbocycles. The molecule has 2 N–H and O–H groups in total. The van der Waals surface area contributed by atoms with E-state index < -0.39 is 0 Å². The van der Waals surface area contributed by atoms with Crippen molar-refractivity contribution in [2.75, 3.05) is 23.9 Å². The summed E-state index contributed by atoms with van der Waals surface area (Å²) in [7, 11) is 0. The molecule has 1 aromatic rings. The molecule has 1 aromatic carbocycles. The molecule has 0 aliphatic carbocycles. The van der Waals surface area contributed by atoms with Crippen molar-refractivity contribution in [1.29, 1.82) is 0 Å². The Labute approximate surface area is 119 Å². The van der Waals surface area contributed by atoms with Gasteiger partial charge in [-0.1, -0.05) is 6.92 Å². The molecule has 19 heavy (non-hydrogen) atoms. The summed E-state index contributed by atoms with van der Waals surface area (Å²) in [6, 6.07) is 6.23. The van der Waals surface area contributed by atoms with Crippen LogP contribution in [0.1, 0.15) is 35.7 Å². The molecule has 0 bridgehead atoms. The van der Waals surface area contributed by atoms with Crippen LogP contribution < -0.4 is 10.6 Å². The summed E-state index contributed by atoms with van der Waals surface area (Å²) in [6.07, 6.45) is 5.24. The summed E-state index contributed by atoms with van der Waals surface area (Å²) in [5, 5.41) is 6.48. The molecule has 0 fully saturated rings. The van der Waals surface area contributed by atoms with Gasteiger partial charge in [0.05, 0.1) is 0 Å². The van der Waals surface area contributed by atoms with E-state index in [0.717, 1.165) is 37.1 Å². The van der Waals surface area contributed by atoms with Crippen molar-refractivity contribution in [3.63, 3.8) is 0 Å². The van der Waals surface area contributed by atoms with Gasteiger partial charge in [0.2, 0.25) is 0 Å². The maximum atomic E-state index is 12.2. The number of fused-ring (bicyclic) bond motifs is 1. The van der Waals surface area contributed by atoms with Crippen LogP contribution >= 0.6 is 11.8 Å². The molecule has 1 atom stereocenters. The Morgan fingerprint density at radius 3 is 3.11 bits per heavy atom. The van der Waals surface area contributed by atoms with Gasteiger partial charge >= 0.3 is 0 Å². The van der Waals surface area contributed by atoms with Crippen molar-refractivity contribution in [3.8, 4) is 0 Å². The number of rotatable bonds is 5. The highest BCUT2D eigenvalue weighted by molar-refractivity contribution is 7.98. The highest BCUT2D eigenvalue weighted by Crippen LogP contribution is 2.23. The Hall–Kier alpha value is -1.16. The number of hydrogen-bond donors (Lipinski definition) is 2. The van der Waals surface area contributed by atoms with Gasteiger partial charge in [-0.3, -0.25) is 4.79 Å². The van der Waals surface area contributed by atoms with E-state index >= 15 is 0 Å². The van der Waals surface area contributed by atoms with Crippen molar-refractivity contribution >= 4 is 23.4 Å². The molecule has 1 aliphatic heterocycles. The molecule has 1 heterocycles. The minimum absolute atomic E-state index is 0.0503. The van der Waals surface area contributed by atoms with Crippen molar-refractivity contribution in [2.24, 2.45) is 0 Å². The molecule has 4 heteroatoms. The fraction of sp³-hybridized carbons (Fsp3) is 0.533. The third kappa shape index (κ3) is 3.66. The molecular formula is C15H22N2OS. The van der Waals surface area contributed by atoms with Gasteiger partial charge in [0.1, 0.15) is 0 Å². The summed E-state index contributed by atoms with van der Waals surface area (Å²) in [6.45, 7) is 3.14. The minimum atomic E-state index is 0.0503. The molecule has 1 aliphatic rings. The van der Waals surface area contributed by atoms with E-state index in [1.54, 1.807) is 11.8 Å². The quantitative estimate of drug-likeness (QED) is 0.870. The Morgan fingerprint density at radius 1 is 1.53 bits per heavy atom. The number of thioether (sulfide) groups is 1. The lowest BCUT2D eigenvalue weighted by Gasteiger charge is -2.20. The van der Waals surface area contributed by atoms with Gasteiger partial charge in [0.25, 0.3) is 5.91 Å². The maximum absolute atomic E-state index is 12.2. The second kappa shape index (κ2) is 6.85. The standard InChI is InChI=1S/C15H22N2OS/c1-3-13(10-19-2)17-15(18)12-6-7-14-11(9-12)5-4-8-16-14/h6-7,9,13,16H,3-5,8,10H2,1-2H3,(H,17,18). The van der Waals surface area contributed by atoms with E-state index in [4.69, 9.17) is 0 Å². The lowest BCUT2D eigenvalue weighted by atomic mass is 10.0. The van der Waals surface area contributed by atoms with Crippen molar-refractivity contribution in [2.45, 2.75) is 32.2 Å². The summed E-state index contributed by atoms with van der Waals surface area (Å²) < 4.78 is 0. The first-order chi connectivity index (χ1) is 9.24. The number of nitrogens with one attached hydrogen (secondary N) is 2. The Morgan fingerprint density at radius 2 is 2.37 bits per heavy atom. The molecule has 0 radical (unpaired) electrons. The zero-order chi connectivity index (χ0) is 13.7. The Kier molecular flexibility index (Phi) is 5.14. The topological polar surface area (TPSA) is 41.1 Å². The van der Waals surface area contributed by atoms with Crippen LogP contribution in [0.5, 0.6) is 0 Å². The smallest absolute Gasteiger partial charge is 0.251 e. The summed E-state index contributed by atoms with van der Waals surface area (Å²) in [4.78, 5) is 12.2. The lowest BCUT2D eigenvalue weighted by Crippen LogP contribution is -2.36. The molecule has 1 unspecified atom stereocenters. The number of carbonyl (C=O) groups is 1. The fourth-order valence-electron chi connectivity index (χ4n) is 2.35. The largest absolute Gasteiger partial charge is 0.385 e. The van der Waals surface area contributed by atoms with Gasteiger partial charge in [-0.2, -0.15) is 11.8 Å². The number of aryl methyl sites for hydroxylation is 1. The Bertz CT molecular complexity index is 448. The third-order valence-electron chi connectivity index (χ3n) is 3.50. The van der Waals surface area contributed by atoms with Crippen LogP contribution in [0, 0.1) is 0 Å². The normalized spacial score (nSPS) is 15.3. The highest BCUT2D eigenvalue weighted by Gasteiger charge is 2.14. The first-order valence-corrected chi connectivity index (χ1v) is 8.30. The molecule has 3 nitrogen and oxygen atoms in total. The van der Waals surface area contributed by atoms with Gasteiger partial charge in [0, 0.05) is 29.6 Å². The van der Waals surface area contributed by atoms with Crippen LogP contribution in [-0.4, -0.2) is 30.5 Å². The van der Waals surface area contributed by atoms with E-state index in [2.05, 4.69) is 23.8 Å². The van der Waals surface area contributed by atoms with E-state index in [1.807, 2.05) is 18.2 Å². The first kappa shape index (κ1) is 14.3. The van der Waals surface area contributed by atoms with Crippen molar-refractivity contribution in [1.82, 2.24) is 5.32 Å². The van der Waals surface area contributed by atoms with E-state index in [9.17, 15) is 4.79 Å². The average molecular weight is 278 g/mol. The van der Waals surface area contributed by atoms with Crippen molar-refractivity contribution in [3.05, 3.63) is 29.3 Å². The average Bonchev–Trinajstić information content (AvgIpc) is 2.46. The van der Waals surface area contributed by atoms with Gasteiger partial charge in [0.15, 0.2) is 0 Å². The van der Waals surface area contributed by atoms with Crippen LogP contribution in [0.3, 0.4) is 0 Å². The van der Waals surface area contributed by atoms with Crippen LogP contribution in [-0.2, 0) is 6.42 Å². The zero-order valence-electron chi connectivity index (χ0n) is 11.7. The third-order valence-corrected chi connectivity index (χ3v) is 4.24. The van der Waals surface area contributed by atoms with E-state index in [1.165, 1.54) is 11.3 Å². The zero-order valence-corrected chi connectivity index (χ0v) is 12.5. The molecule has 104 valence electrons. The van der Waals surface area contributed by atoms with Gasteiger partial charge in [-0.05, 0) is 49.3 Å². The molecule has 0 aromatic heterocycles. The van der Waals surface area contributed by atoms with Crippen LogP contribution in [0.25, 0.3) is 0 Å². The first-order valence-electron chi connectivity index (χ1n) is 6.91. The molecule has 0 spiro atoms. The van der Waals surface area contributed by atoms with Gasteiger partial charge in [-0.15, -0.1) is 0 Å². The molecule has 2 rings (SSSR count). The molecular weight excluding hydrogens is 256 g/mol. The minimum Gasteiger partial charge on any atom is -0.385 e.